The maximum absolute atomic E-state index is 12.8. The highest BCUT2D eigenvalue weighted by atomic mass is 16.6. The fraction of sp³-hybridized carbons (Fsp3) is 0.565. The Morgan fingerprint density at radius 3 is 2.47 bits per heavy atom. The quantitative estimate of drug-likeness (QED) is 0.480. The zero-order valence-electron chi connectivity index (χ0n) is 18.6. The summed E-state index contributed by atoms with van der Waals surface area (Å²) in [5.74, 6) is 0.485. The van der Waals surface area contributed by atoms with Crippen molar-refractivity contribution in [2.75, 3.05) is 33.2 Å². The van der Waals surface area contributed by atoms with Crippen molar-refractivity contribution in [3.8, 4) is 0 Å². The maximum Gasteiger partial charge on any atom is 0.275 e. The van der Waals surface area contributed by atoms with E-state index in [1.165, 1.54) is 25.5 Å². The molecule has 172 valence electrons. The van der Waals surface area contributed by atoms with Crippen LogP contribution in [0.5, 0.6) is 0 Å². The van der Waals surface area contributed by atoms with Crippen molar-refractivity contribution in [3.63, 3.8) is 0 Å². The van der Waals surface area contributed by atoms with Gasteiger partial charge in [0.15, 0.2) is 5.69 Å². The molecular weight excluding hydrogens is 410 g/mol. The van der Waals surface area contributed by atoms with Crippen LogP contribution in [-0.2, 0) is 13.1 Å². The van der Waals surface area contributed by atoms with Crippen molar-refractivity contribution >= 4 is 11.6 Å². The molecule has 9 heteroatoms. The number of carbonyl (C=O) groups excluding carboxylic acids is 1. The molecule has 0 N–H and O–H groups in total. The topological polar surface area (TPSA) is 96.0 Å². The largest absolute Gasteiger partial charge is 0.447 e. The summed E-state index contributed by atoms with van der Waals surface area (Å²) in [6, 6.07) is 7.21. The van der Waals surface area contributed by atoms with Crippen LogP contribution >= 0.6 is 0 Å². The minimum Gasteiger partial charge on any atom is -0.447 e. The zero-order chi connectivity index (χ0) is 22.5. The molecule has 0 radical (unpaired) electrons. The number of benzene rings is 1. The van der Waals surface area contributed by atoms with Crippen LogP contribution in [0.2, 0.25) is 0 Å². The third kappa shape index (κ3) is 5.34. The van der Waals surface area contributed by atoms with Crippen LogP contribution in [0.3, 0.4) is 0 Å². The summed E-state index contributed by atoms with van der Waals surface area (Å²) >= 11 is 0. The number of nitro groups is 1. The van der Waals surface area contributed by atoms with Gasteiger partial charge in [-0.25, -0.2) is 4.98 Å². The fourth-order valence-electron chi connectivity index (χ4n) is 4.66. The fourth-order valence-corrected chi connectivity index (χ4v) is 4.66. The molecule has 0 spiro atoms. The highest BCUT2D eigenvalue weighted by Crippen LogP contribution is 2.23. The molecule has 1 saturated heterocycles. The first kappa shape index (κ1) is 22.4. The van der Waals surface area contributed by atoms with Gasteiger partial charge in [0.25, 0.3) is 11.6 Å². The number of para-hydroxylation sites is 1. The minimum absolute atomic E-state index is 0.0684. The second-order valence-electron chi connectivity index (χ2n) is 8.77. The second-order valence-corrected chi connectivity index (χ2v) is 8.77. The van der Waals surface area contributed by atoms with Gasteiger partial charge < -0.3 is 9.32 Å². The Bertz CT molecular complexity index is 932. The molecule has 32 heavy (non-hydrogen) atoms. The van der Waals surface area contributed by atoms with Gasteiger partial charge in [0, 0.05) is 57.4 Å². The van der Waals surface area contributed by atoms with E-state index in [9.17, 15) is 14.9 Å². The summed E-state index contributed by atoms with van der Waals surface area (Å²) < 4.78 is 5.60. The van der Waals surface area contributed by atoms with E-state index in [0.717, 1.165) is 44.6 Å². The Morgan fingerprint density at radius 2 is 1.78 bits per heavy atom. The number of amides is 1. The monoisotopic (exact) mass is 441 g/mol. The SMILES string of the molecule is CN(C(=O)c1coc(CN2CCN(Cc3ccccc3[N+](=O)[O-])CC2)n1)C1CCCCC1. The standard InChI is InChI=1S/C23H31N5O4/c1-25(19-8-3-2-4-9-19)23(29)20-17-32-22(24-20)16-27-13-11-26(12-14-27)15-18-7-5-6-10-21(18)28(30)31/h5-7,10,17,19H,2-4,8-9,11-16H2,1H3. The van der Waals surface area contributed by atoms with E-state index in [4.69, 9.17) is 4.42 Å². The molecule has 1 aliphatic heterocycles. The number of hydrogen-bond donors (Lipinski definition) is 0. The molecular formula is C23H31N5O4. The van der Waals surface area contributed by atoms with Gasteiger partial charge in [0.2, 0.25) is 5.89 Å². The lowest BCUT2D eigenvalue weighted by Gasteiger charge is -2.33. The van der Waals surface area contributed by atoms with Crippen LogP contribution in [0.4, 0.5) is 5.69 Å². The number of piperazine rings is 1. The van der Waals surface area contributed by atoms with Crippen molar-refractivity contribution in [1.82, 2.24) is 19.7 Å². The van der Waals surface area contributed by atoms with Crippen molar-refractivity contribution in [2.45, 2.75) is 51.2 Å². The van der Waals surface area contributed by atoms with Gasteiger partial charge in [-0.15, -0.1) is 0 Å². The Kier molecular flexibility index (Phi) is 7.16. The van der Waals surface area contributed by atoms with E-state index in [1.54, 1.807) is 12.1 Å². The molecule has 0 bridgehead atoms. The van der Waals surface area contributed by atoms with Crippen LogP contribution in [0, 0.1) is 10.1 Å². The molecule has 0 unspecified atom stereocenters. The lowest BCUT2D eigenvalue weighted by Crippen LogP contribution is -2.45. The van der Waals surface area contributed by atoms with Gasteiger partial charge in [-0.3, -0.25) is 24.7 Å². The second kappa shape index (κ2) is 10.2. The zero-order valence-corrected chi connectivity index (χ0v) is 18.6. The van der Waals surface area contributed by atoms with E-state index in [0.29, 0.717) is 30.7 Å². The van der Waals surface area contributed by atoms with Gasteiger partial charge >= 0.3 is 0 Å². The molecule has 2 fully saturated rings. The Hall–Kier alpha value is -2.78. The van der Waals surface area contributed by atoms with Crippen molar-refractivity contribution < 1.29 is 14.1 Å². The smallest absolute Gasteiger partial charge is 0.275 e. The molecule has 2 heterocycles. The molecule has 9 nitrogen and oxygen atoms in total. The lowest BCUT2D eigenvalue weighted by atomic mass is 9.94. The molecule has 4 rings (SSSR count). The van der Waals surface area contributed by atoms with Gasteiger partial charge in [0.05, 0.1) is 11.5 Å². The van der Waals surface area contributed by atoms with Gasteiger partial charge in [0.1, 0.15) is 6.26 Å². The summed E-state index contributed by atoms with van der Waals surface area (Å²) in [6.45, 7) is 4.37. The lowest BCUT2D eigenvalue weighted by molar-refractivity contribution is -0.385. The first-order chi connectivity index (χ1) is 15.5. The number of nitro benzene ring substituents is 1. The van der Waals surface area contributed by atoms with E-state index >= 15 is 0 Å². The van der Waals surface area contributed by atoms with Crippen LogP contribution in [0.25, 0.3) is 0 Å². The number of nitrogens with zero attached hydrogens (tertiary/aromatic N) is 5. The predicted octanol–water partition coefficient (Wildman–Crippen LogP) is 3.31. The van der Waals surface area contributed by atoms with Gasteiger partial charge in [-0.2, -0.15) is 0 Å². The summed E-state index contributed by atoms with van der Waals surface area (Å²) in [5.41, 5.74) is 1.29. The Labute approximate surface area is 188 Å². The minimum atomic E-state index is -0.321. The molecule has 1 amide bonds. The van der Waals surface area contributed by atoms with Crippen LogP contribution in [-0.4, -0.2) is 69.8 Å². The van der Waals surface area contributed by atoms with Crippen molar-refractivity contribution in [3.05, 3.63) is 57.8 Å². The molecule has 1 aliphatic carbocycles. The van der Waals surface area contributed by atoms with Crippen LogP contribution in [0.15, 0.2) is 34.9 Å². The molecule has 1 aromatic heterocycles. The summed E-state index contributed by atoms with van der Waals surface area (Å²) in [5, 5.41) is 11.2. The number of carbonyl (C=O) groups is 1. The third-order valence-electron chi connectivity index (χ3n) is 6.62. The predicted molar refractivity (Wildman–Crippen MR) is 119 cm³/mol. The van der Waals surface area contributed by atoms with E-state index < -0.39 is 0 Å². The normalized spacial score (nSPS) is 18.5. The molecule has 1 aromatic carbocycles. The third-order valence-corrected chi connectivity index (χ3v) is 6.62. The van der Waals surface area contributed by atoms with Gasteiger partial charge in [-0.05, 0) is 12.8 Å². The highest BCUT2D eigenvalue weighted by Gasteiger charge is 2.26. The number of oxazole rings is 1. The first-order valence-corrected chi connectivity index (χ1v) is 11.4. The molecule has 0 atom stereocenters. The van der Waals surface area contributed by atoms with Crippen LogP contribution < -0.4 is 0 Å². The first-order valence-electron chi connectivity index (χ1n) is 11.4. The number of aromatic nitrogens is 1. The molecule has 2 aromatic rings. The number of hydrogen-bond acceptors (Lipinski definition) is 7. The summed E-state index contributed by atoms with van der Waals surface area (Å²) in [6.07, 6.45) is 7.20. The average Bonchev–Trinajstić information content (AvgIpc) is 3.28. The van der Waals surface area contributed by atoms with E-state index in [-0.39, 0.29) is 16.5 Å². The summed E-state index contributed by atoms with van der Waals surface area (Å²) in [7, 11) is 1.86. The van der Waals surface area contributed by atoms with Crippen molar-refractivity contribution in [1.29, 1.82) is 0 Å². The van der Waals surface area contributed by atoms with E-state index in [2.05, 4.69) is 14.8 Å². The van der Waals surface area contributed by atoms with E-state index in [1.807, 2.05) is 24.1 Å². The average molecular weight is 442 g/mol. The molecule has 1 saturated carbocycles. The Balaban J connectivity index is 1.27. The summed E-state index contributed by atoms with van der Waals surface area (Å²) in [4.78, 5) is 34.4. The highest BCUT2D eigenvalue weighted by molar-refractivity contribution is 5.92. The molecule has 2 aliphatic rings. The van der Waals surface area contributed by atoms with Gasteiger partial charge in [-0.1, -0.05) is 37.5 Å². The van der Waals surface area contributed by atoms with Crippen molar-refractivity contribution in [2.24, 2.45) is 0 Å². The van der Waals surface area contributed by atoms with Crippen LogP contribution in [0.1, 0.15) is 54.0 Å². The number of rotatable bonds is 7. The maximum atomic E-state index is 12.8. The Morgan fingerprint density at radius 1 is 1.12 bits per heavy atom.